The van der Waals surface area contributed by atoms with Gasteiger partial charge < -0.3 is 5.43 Å². The molecule has 2 atom stereocenters. The number of sulfonamides is 1. The number of para-hydroxylation sites is 1. The van der Waals surface area contributed by atoms with Gasteiger partial charge >= 0.3 is 0 Å². The van der Waals surface area contributed by atoms with Gasteiger partial charge in [0.1, 0.15) is 4.90 Å². The Morgan fingerprint density at radius 2 is 2.05 bits per heavy atom. The lowest BCUT2D eigenvalue weighted by Crippen LogP contribution is -2.56. The lowest BCUT2D eigenvalue weighted by molar-refractivity contribution is 0.117. The lowest BCUT2D eigenvalue weighted by atomic mass is 10.1. The van der Waals surface area contributed by atoms with Gasteiger partial charge in [0.05, 0.1) is 5.69 Å². The van der Waals surface area contributed by atoms with Crippen molar-refractivity contribution < 1.29 is 8.42 Å². The van der Waals surface area contributed by atoms with E-state index >= 15 is 0 Å². The summed E-state index contributed by atoms with van der Waals surface area (Å²) in [7, 11) is -3.53. The van der Waals surface area contributed by atoms with Gasteiger partial charge in [-0.25, -0.2) is 8.42 Å². The molecule has 2 heterocycles. The van der Waals surface area contributed by atoms with Gasteiger partial charge in [0.2, 0.25) is 10.0 Å². The van der Waals surface area contributed by atoms with Crippen molar-refractivity contribution in [2.45, 2.75) is 36.7 Å². The highest BCUT2D eigenvalue weighted by Crippen LogP contribution is 2.31. The topological polar surface area (TPSA) is 78.7 Å². The summed E-state index contributed by atoms with van der Waals surface area (Å²) in [4.78, 5) is 2.66. The summed E-state index contributed by atoms with van der Waals surface area (Å²) in [5, 5.41) is 0. The van der Waals surface area contributed by atoms with Gasteiger partial charge in [0.15, 0.2) is 0 Å². The number of piperazine rings is 1. The van der Waals surface area contributed by atoms with E-state index in [0.29, 0.717) is 18.3 Å². The van der Waals surface area contributed by atoms with Crippen LogP contribution in [0, 0.1) is 0 Å². The van der Waals surface area contributed by atoms with E-state index in [9.17, 15) is 8.42 Å². The van der Waals surface area contributed by atoms with Crippen LogP contribution in [-0.2, 0) is 10.0 Å². The van der Waals surface area contributed by atoms with Crippen LogP contribution in [-0.4, -0.2) is 49.3 Å². The zero-order valence-electron chi connectivity index (χ0n) is 12.2. The van der Waals surface area contributed by atoms with Crippen molar-refractivity contribution in [2.75, 3.05) is 25.1 Å². The minimum atomic E-state index is -3.53. The van der Waals surface area contributed by atoms with Gasteiger partial charge in [-0.1, -0.05) is 12.1 Å². The van der Waals surface area contributed by atoms with Gasteiger partial charge in [-0.15, -0.1) is 0 Å². The third kappa shape index (κ3) is 2.55. The number of nitrogens with one attached hydrogen (secondary N) is 1. The van der Waals surface area contributed by atoms with Crippen LogP contribution in [0.3, 0.4) is 0 Å². The number of hydrogen-bond donors (Lipinski definition) is 2. The second kappa shape index (κ2) is 5.57. The molecule has 0 saturated carbocycles. The molecule has 6 nitrogen and oxygen atoms in total. The molecule has 2 fully saturated rings. The van der Waals surface area contributed by atoms with Crippen molar-refractivity contribution >= 4 is 15.7 Å². The van der Waals surface area contributed by atoms with Crippen LogP contribution < -0.4 is 11.3 Å². The Hall–Kier alpha value is -1.15. The van der Waals surface area contributed by atoms with Crippen molar-refractivity contribution in [3.63, 3.8) is 0 Å². The maximum atomic E-state index is 13.0. The van der Waals surface area contributed by atoms with E-state index < -0.39 is 10.0 Å². The third-order valence-electron chi connectivity index (χ3n) is 4.51. The molecule has 0 bridgehead atoms. The van der Waals surface area contributed by atoms with Crippen LogP contribution >= 0.6 is 0 Å². The Bertz CT molecular complexity index is 619. The number of rotatable bonds is 3. The van der Waals surface area contributed by atoms with Crippen LogP contribution in [0.2, 0.25) is 0 Å². The van der Waals surface area contributed by atoms with Crippen LogP contribution in [0.5, 0.6) is 0 Å². The van der Waals surface area contributed by atoms with Gasteiger partial charge in [0.25, 0.3) is 0 Å². The second-order valence-corrected chi connectivity index (χ2v) is 7.71. The highest BCUT2D eigenvalue weighted by atomic mass is 32.2. The number of nitrogens with two attached hydrogens (primary N) is 1. The fraction of sp³-hybridized carbons (Fsp3) is 0.571. The van der Waals surface area contributed by atoms with E-state index in [0.717, 1.165) is 25.9 Å². The summed E-state index contributed by atoms with van der Waals surface area (Å²) >= 11 is 0. The standard InChI is InChI=1S/C14H22N4O2S/c1-11-9-17-8-4-5-12(17)10-18(11)21(19,20)14-7-3-2-6-13(14)16-15/h2-3,6-7,11-12,16H,4-5,8-10,15H2,1H3. The maximum absolute atomic E-state index is 13.0. The molecule has 1 aromatic rings. The monoisotopic (exact) mass is 310 g/mol. The van der Waals surface area contributed by atoms with Gasteiger partial charge in [-0.2, -0.15) is 4.31 Å². The molecule has 116 valence electrons. The number of fused-ring (bicyclic) bond motifs is 1. The minimum absolute atomic E-state index is 0.0184. The van der Waals surface area contributed by atoms with E-state index in [-0.39, 0.29) is 10.9 Å². The smallest absolute Gasteiger partial charge is 0.245 e. The number of nitrogen functional groups attached to an aromatic ring is 1. The fourth-order valence-electron chi connectivity index (χ4n) is 3.43. The van der Waals surface area contributed by atoms with Crippen LogP contribution in [0.1, 0.15) is 19.8 Å². The fourth-order valence-corrected chi connectivity index (χ4v) is 5.25. The Morgan fingerprint density at radius 1 is 1.29 bits per heavy atom. The van der Waals surface area contributed by atoms with E-state index in [1.165, 1.54) is 0 Å². The van der Waals surface area contributed by atoms with Gasteiger partial charge in [0, 0.05) is 25.2 Å². The summed E-state index contributed by atoms with van der Waals surface area (Å²) < 4.78 is 27.6. The van der Waals surface area contributed by atoms with Crippen molar-refractivity contribution in [1.82, 2.24) is 9.21 Å². The third-order valence-corrected chi connectivity index (χ3v) is 6.55. The first-order valence-electron chi connectivity index (χ1n) is 7.35. The zero-order valence-corrected chi connectivity index (χ0v) is 13.0. The van der Waals surface area contributed by atoms with Gasteiger partial charge in [-0.05, 0) is 38.4 Å². The Balaban J connectivity index is 1.94. The van der Waals surface area contributed by atoms with Crippen LogP contribution in [0.25, 0.3) is 0 Å². The van der Waals surface area contributed by atoms with E-state index in [1.54, 1.807) is 28.6 Å². The molecule has 0 amide bonds. The van der Waals surface area contributed by atoms with Crippen molar-refractivity contribution in [3.05, 3.63) is 24.3 Å². The largest absolute Gasteiger partial charge is 0.323 e. The molecule has 3 rings (SSSR count). The SMILES string of the molecule is CC1CN2CCCC2CN1S(=O)(=O)c1ccccc1NN. The van der Waals surface area contributed by atoms with Gasteiger partial charge in [-0.3, -0.25) is 10.7 Å². The first-order valence-corrected chi connectivity index (χ1v) is 8.79. The molecule has 3 N–H and O–H groups in total. The molecular formula is C14H22N4O2S. The first kappa shape index (κ1) is 14.8. The van der Waals surface area contributed by atoms with Crippen LogP contribution in [0.15, 0.2) is 29.2 Å². The molecular weight excluding hydrogens is 288 g/mol. The Labute approximate surface area is 125 Å². The Kier molecular flexibility index (Phi) is 3.92. The molecule has 0 aromatic heterocycles. The average Bonchev–Trinajstić information content (AvgIpc) is 2.93. The Morgan fingerprint density at radius 3 is 2.81 bits per heavy atom. The summed E-state index contributed by atoms with van der Waals surface area (Å²) in [6.45, 7) is 4.44. The van der Waals surface area contributed by atoms with Crippen molar-refractivity contribution in [3.8, 4) is 0 Å². The number of nitrogens with zero attached hydrogens (tertiary/aromatic N) is 2. The summed E-state index contributed by atoms with van der Waals surface area (Å²) in [6.07, 6.45) is 2.24. The summed E-state index contributed by atoms with van der Waals surface area (Å²) in [6, 6.07) is 7.13. The van der Waals surface area contributed by atoms with Crippen molar-refractivity contribution in [1.29, 1.82) is 0 Å². The van der Waals surface area contributed by atoms with E-state index in [1.807, 2.05) is 6.92 Å². The quantitative estimate of drug-likeness (QED) is 0.638. The highest BCUT2D eigenvalue weighted by molar-refractivity contribution is 7.89. The van der Waals surface area contributed by atoms with E-state index in [2.05, 4.69) is 10.3 Å². The number of benzene rings is 1. The molecule has 2 aliphatic rings. The zero-order chi connectivity index (χ0) is 15.0. The minimum Gasteiger partial charge on any atom is -0.323 e. The number of hydrogen-bond acceptors (Lipinski definition) is 5. The molecule has 0 spiro atoms. The molecule has 1 aromatic carbocycles. The molecule has 21 heavy (non-hydrogen) atoms. The predicted octanol–water partition coefficient (Wildman–Crippen LogP) is 0.829. The first-order chi connectivity index (χ1) is 10.0. The molecule has 0 aliphatic carbocycles. The molecule has 2 unspecified atom stereocenters. The number of anilines is 1. The second-order valence-electron chi connectivity index (χ2n) is 5.86. The summed E-state index contributed by atoms with van der Waals surface area (Å²) in [5.41, 5.74) is 2.93. The maximum Gasteiger partial charge on any atom is 0.245 e. The molecule has 2 saturated heterocycles. The average molecular weight is 310 g/mol. The number of hydrazine groups is 1. The summed E-state index contributed by atoms with van der Waals surface area (Å²) in [5.74, 6) is 5.46. The molecule has 0 radical (unpaired) electrons. The highest BCUT2D eigenvalue weighted by Gasteiger charge is 2.40. The van der Waals surface area contributed by atoms with Crippen LogP contribution in [0.4, 0.5) is 5.69 Å². The molecule has 2 aliphatic heterocycles. The van der Waals surface area contributed by atoms with Crippen molar-refractivity contribution in [2.24, 2.45) is 5.84 Å². The predicted molar refractivity (Wildman–Crippen MR) is 82.2 cm³/mol. The van der Waals surface area contributed by atoms with E-state index in [4.69, 9.17) is 5.84 Å². The lowest BCUT2D eigenvalue weighted by Gasteiger charge is -2.41. The molecule has 7 heteroatoms. The normalized spacial score (nSPS) is 27.5.